The first-order chi connectivity index (χ1) is 19.0. The van der Waals surface area contributed by atoms with Crippen LogP contribution in [0.5, 0.6) is 0 Å². The summed E-state index contributed by atoms with van der Waals surface area (Å²) in [5, 5.41) is 2.68. The Kier molecular flexibility index (Phi) is 15.8. The molecule has 5 nitrogen and oxygen atoms in total. The quantitative estimate of drug-likeness (QED) is 0.150. The topological polar surface area (TPSA) is 81.3 Å². The van der Waals surface area contributed by atoms with E-state index in [1.165, 1.54) is 27.4 Å². The number of ether oxygens (including phenoxy) is 1. The van der Waals surface area contributed by atoms with Gasteiger partial charge in [-0.2, -0.15) is 0 Å². The molecule has 1 aliphatic heterocycles. The van der Waals surface area contributed by atoms with Crippen molar-refractivity contribution in [1.29, 1.82) is 0 Å². The minimum absolute atomic E-state index is 0. The molecular formula is C33H29MnNO4P. The van der Waals surface area contributed by atoms with E-state index in [1.807, 2.05) is 0 Å². The van der Waals surface area contributed by atoms with Gasteiger partial charge in [-0.15, -0.1) is 0 Å². The fourth-order valence-corrected chi connectivity index (χ4v) is 6.88. The molecule has 2 aliphatic rings. The van der Waals surface area contributed by atoms with Gasteiger partial charge in [0, 0.05) is 22.7 Å². The van der Waals surface area contributed by atoms with Crippen molar-refractivity contribution in [2.75, 3.05) is 6.61 Å². The molecule has 1 fully saturated rings. The van der Waals surface area contributed by atoms with Crippen LogP contribution in [0.3, 0.4) is 0 Å². The number of hydrogen-bond donors (Lipinski definition) is 0. The van der Waals surface area contributed by atoms with Crippen LogP contribution in [0.2, 0.25) is 0 Å². The molecule has 6 radical (unpaired) electrons. The first-order valence-electron chi connectivity index (χ1n) is 12.1. The van der Waals surface area contributed by atoms with Gasteiger partial charge in [0.1, 0.15) is 6.61 Å². The minimum atomic E-state index is -0.793. The van der Waals surface area contributed by atoms with Gasteiger partial charge in [0.15, 0.2) is 5.90 Å². The van der Waals surface area contributed by atoms with Crippen molar-refractivity contribution < 1.29 is 35.8 Å². The van der Waals surface area contributed by atoms with Gasteiger partial charge in [-0.05, 0) is 54.3 Å². The van der Waals surface area contributed by atoms with E-state index in [2.05, 4.69) is 145 Å². The molecule has 2 atom stereocenters. The smallest absolute Gasteiger partial charge is 0 e. The molecule has 0 N–H and O–H groups in total. The number of aliphatic imine (C=N–C) groups is 1. The van der Waals surface area contributed by atoms with E-state index in [1.54, 1.807) is 0 Å². The Morgan fingerprint density at radius 1 is 0.775 bits per heavy atom. The van der Waals surface area contributed by atoms with Crippen LogP contribution in [0.25, 0.3) is 11.1 Å². The predicted octanol–water partition coefficient (Wildman–Crippen LogP) is 6.25. The molecular weight excluding hydrogens is 560 g/mol. The molecule has 1 aliphatic carbocycles. The maximum atomic E-state index is 7.50. The first kappa shape index (κ1) is 35.3. The third-order valence-corrected chi connectivity index (χ3v) is 8.72. The average molecular weight is 590 g/mol. The van der Waals surface area contributed by atoms with Crippen LogP contribution in [0.4, 0.5) is 0 Å². The fourth-order valence-electron chi connectivity index (χ4n) is 4.27. The van der Waals surface area contributed by atoms with E-state index in [9.17, 15) is 0 Å². The van der Waals surface area contributed by atoms with Gasteiger partial charge in [0.25, 0.3) is 0 Å². The standard InChI is InChI=1S/C30H29NOP.3CO.Mn/c1-30(2,3)28-21-32-29(31-28)25-18-12-20-27(25)33(23-15-8-5-9-16-23)26-19-11-10-17-24(26)22-13-6-4-7-14-22;3*1-2;/h4-20,28H,21H2,1-3H3;;;;/t28-,33?;;;;/m1..../s1. The molecule has 3 aromatic rings. The van der Waals surface area contributed by atoms with Crippen LogP contribution in [0.1, 0.15) is 20.8 Å². The fraction of sp³-hybridized carbons (Fsp3) is 0.182. The number of rotatable bonds is 5. The van der Waals surface area contributed by atoms with Crippen LogP contribution >= 0.6 is 7.92 Å². The van der Waals surface area contributed by atoms with Gasteiger partial charge < -0.3 is 4.74 Å². The molecule has 0 spiro atoms. The average Bonchev–Trinajstić information content (AvgIpc) is 3.68. The summed E-state index contributed by atoms with van der Waals surface area (Å²) in [6, 6.07) is 30.5. The molecule has 7 heteroatoms. The van der Waals surface area contributed by atoms with Crippen LogP contribution in [0, 0.1) is 56.2 Å². The zero-order chi connectivity index (χ0) is 28.8. The Labute approximate surface area is 250 Å². The monoisotopic (exact) mass is 589 g/mol. The van der Waals surface area contributed by atoms with Crippen molar-refractivity contribution in [3.63, 3.8) is 0 Å². The summed E-state index contributed by atoms with van der Waals surface area (Å²) in [5.41, 5.74) is 3.90. The Morgan fingerprint density at radius 2 is 1.32 bits per heavy atom. The van der Waals surface area contributed by atoms with Crippen molar-refractivity contribution in [3.8, 4) is 11.1 Å². The first-order valence-corrected chi connectivity index (χ1v) is 13.4. The zero-order valence-electron chi connectivity index (χ0n) is 22.5. The molecule has 1 saturated carbocycles. The van der Waals surface area contributed by atoms with Crippen molar-refractivity contribution in [1.82, 2.24) is 0 Å². The Bertz CT molecular complexity index is 1240. The van der Waals surface area contributed by atoms with E-state index >= 15 is 0 Å². The molecule has 5 rings (SSSR count). The van der Waals surface area contributed by atoms with Gasteiger partial charge in [-0.25, -0.2) is 4.99 Å². The molecule has 0 amide bonds. The second-order valence-corrected chi connectivity index (χ2v) is 11.7. The Morgan fingerprint density at radius 3 is 1.90 bits per heavy atom. The van der Waals surface area contributed by atoms with Crippen LogP contribution < -0.4 is 10.6 Å². The summed E-state index contributed by atoms with van der Waals surface area (Å²) in [4.78, 5) is 5.02. The van der Waals surface area contributed by atoms with Crippen LogP contribution in [-0.2, 0) is 35.8 Å². The molecule has 3 aromatic carbocycles. The van der Waals surface area contributed by atoms with Crippen molar-refractivity contribution in [2.45, 2.75) is 26.8 Å². The molecule has 0 bridgehead atoms. The molecule has 1 heterocycles. The zero-order valence-corrected chi connectivity index (χ0v) is 24.6. The number of benzene rings is 3. The van der Waals surface area contributed by atoms with Gasteiger partial charge >= 0.3 is 33.9 Å². The van der Waals surface area contributed by atoms with Crippen molar-refractivity contribution in [3.05, 3.63) is 136 Å². The molecule has 1 unspecified atom stereocenters. The van der Waals surface area contributed by atoms with E-state index in [4.69, 9.17) is 23.7 Å². The van der Waals surface area contributed by atoms with E-state index < -0.39 is 7.92 Å². The summed E-state index contributed by atoms with van der Waals surface area (Å²) in [7, 11) is -0.793. The minimum Gasteiger partial charge on any atom is 0 e. The summed E-state index contributed by atoms with van der Waals surface area (Å²) in [5.74, 6) is 1.91. The Balaban J connectivity index is 0.00000107. The van der Waals surface area contributed by atoms with Crippen molar-refractivity contribution >= 4 is 24.4 Å². The van der Waals surface area contributed by atoms with Gasteiger partial charge in [-0.3, -0.25) is 0 Å². The molecule has 0 saturated heterocycles. The number of nitrogens with zero attached hydrogens (tertiary/aromatic N) is 1. The van der Waals surface area contributed by atoms with Gasteiger partial charge in [-0.1, -0.05) is 106 Å². The third kappa shape index (κ3) is 8.65. The van der Waals surface area contributed by atoms with E-state index in [0.29, 0.717) is 6.61 Å². The largest absolute Gasteiger partial charge is 0 e. The summed E-state index contributed by atoms with van der Waals surface area (Å²) in [6.45, 7) is 20.8. The molecule has 40 heavy (non-hydrogen) atoms. The van der Waals surface area contributed by atoms with Gasteiger partial charge in [0.05, 0.1) is 12.0 Å². The van der Waals surface area contributed by atoms with Crippen LogP contribution in [0.15, 0.2) is 89.9 Å². The van der Waals surface area contributed by atoms with Crippen LogP contribution in [-0.4, -0.2) is 18.5 Å². The normalized spacial score (nSPS) is 17.0. The molecule has 202 valence electrons. The Hall–Kier alpha value is -2.70. The molecule has 0 aromatic heterocycles. The van der Waals surface area contributed by atoms with E-state index in [-0.39, 0.29) is 28.5 Å². The maximum absolute atomic E-state index is 7.50. The SMILES string of the molecule is CC(C)(C)[C@H]1COC([C]2[CH][CH][CH][C]2P(c2ccccc2)c2ccccc2-c2ccccc2)=N1.[C-]#[O+].[C-]#[O+].[C-]#[O+].[Mn]. The third-order valence-electron chi connectivity index (χ3n) is 6.16. The summed E-state index contributed by atoms with van der Waals surface area (Å²) in [6.07, 6.45) is 6.57. The second kappa shape index (κ2) is 17.9. The van der Waals surface area contributed by atoms with Crippen molar-refractivity contribution in [2.24, 2.45) is 10.4 Å². The summed E-state index contributed by atoms with van der Waals surface area (Å²) >= 11 is 0. The maximum Gasteiger partial charge on any atom is 0 e. The summed E-state index contributed by atoms with van der Waals surface area (Å²) < 4.78 is 28.7. The van der Waals surface area contributed by atoms with E-state index in [0.717, 1.165) is 11.8 Å². The second-order valence-electron chi connectivity index (χ2n) is 9.51. The van der Waals surface area contributed by atoms with Gasteiger partial charge in [0.2, 0.25) is 0 Å². The predicted molar refractivity (Wildman–Crippen MR) is 152 cm³/mol. The number of hydrogen-bond acceptors (Lipinski definition) is 2.